The van der Waals surface area contributed by atoms with Crippen LogP contribution in [0.3, 0.4) is 0 Å². The average Bonchev–Trinajstić information content (AvgIpc) is 2.87. The van der Waals surface area contributed by atoms with Gasteiger partial charge in [-0.25, -0.2) is 14.6 Å². The Bertz CT molecular complexity index is 1420. The fourth-order valence-electron chi connectivity index (χ4n) is 3.60. The SMILES string of the molecule is Cl.NC(N)=Nc1ccc(C(=O)Oc2ccc(CCC(=O)N(CC(=O)O)Cc3cccc(C(=O)O)c3)c(Cl)c2)cc1. The van der Waals surface area contributed by atoms with Crippen molar-refractivity contribution < 1.29 is 34.1 Å². The van der Waals surface area contributed by atoms with Crippen molar-refractivity contribution in [1.82, 2.24) is 4.90 Å². The first-order chi connectivity index (χ1) is 18.5. The molecular formula is C27H26Cl2N4O7. The molecule has 40 heavy (non-hydrogen) atoms. The molecule has 0 spiro atoms. The van der Waals surface area contributed by atoms with Crippen LogP contribution in [0.1, 0.15) is 38.3 Å². The number of aromatic carboxylic acids is 1. The van der Waals surface area contributed by atoms with Gasteiger partial charge >= 0.3 is 17.9 Å². The lowest BCUT2D eigenvalue weighted by Crippen LogP contribution is -2.35. The van der Waals surface area contributed by atoms with Crippen LogP contribution in [0.4, 0.5) is 5.69 Å². The number of aryl methyl sites for hydroxylation is 1. The third kappa shape index (κ3) is 9.29. The Labute approximate surface area is 240 Å². The van der Waals surface area contributed by atoms with E-state index < -0.39 is 30.4 Å². The molecule has 0 fully saturated rings. The Morgan fingerprint density at radius 3 is 2.23 bits per heavy atom. The number of carboxylic acids is 2. The van der Waals surface area contributed by atoms with Gasteiger partial charge in [0.25, 0.3) is 0 Å². The summed E-state index contributed by atoms with van der Waals surface area (Å²) in [5.74, 6) is -3.32. The van der Waals surface area contributed by atoms with Crippen molar-refractivity contribution in [2.24, 2.45) is 16.5 Å². The van der Waals surface area contributed by atoms with Gasteiger partial charge in [0.05, 0.1) is 16.8 Å². The number of carboxylic acid groups (broad SMARTS) is 2. The number of carbonyl (C=O) groups excluding carboxylic acids is 2. The van der Waals surface area contributed by atoms with Crippen molar-refractivity contribution in [2.45, 2.75) is 19.4 Å². The van der Waals surface area contributed by atoms with Gasteiger partial charge in [-0.2, -0.15) is 0 Å². The van der Waals surface area contributed by atoms with Crippen LogP contribution in [0.25, 0.3) is 0 Å². The Balaban J connectivity index is 0.00000560. The second kappa shape index (κ2) is 14.5. The van der Waals surface area contributed by atoms with Gasteiger partial charge in [0.2, 0.25) is 5.91 Å². The molecule has 0 atom stereocenters. The highest BCUT2D eigenvalue weighted by Crippen LogP contribution is 2.25. The van der Waals surface area contributed by atoms with Gasteiger partial charge in [-0.15, -0.1) is 12.4 Å². The van der Waals surface area contributed by atoms with E-state index in [1.54, 1.807) is 24.3 Å². The van der Waals surface area contributed by atoms with Gasteiger partial charge in [-0.3, -0.25) is 9.59 Å². The molecule has 210 valence electrons. The number of hydrogen-bond acceptors (Lipinski definition) is 6. The van der Waals surface area contributed by atoms with Gasteiger partial charge in [0.15, 0.2) is 5.96 Å². The van der Waals surface area contributed by atoms with E-state index in [2.05, 4.69) is 4.99 Å². The van der Waals surface area contributed by atoms with Crippen LogP contribution in [0.5, 0.6) is 5.75 Å². The van der Waals surface area contributed by atoms with E-state index in [0.717, 1.165) is 4.90 Å². The van der Waals surface area contributed by atoms with E-state index in [1.165, 1.54) is 42.5 Å². The average molecular weight is 589 g/mol. The zero-order valence-electron chi connectivity index (χ0n) is 21.0. The molecule has 0 aliphatic heterocycles. The smallest absolute Gasteiger partial charge is 0.343 e. The number of amides is 1. The van der Waals surface area contributed by atoms with Crippen LogP contribution in [-0.2, 0) is 22.6 Å². The minimum absolute atomic E-state index is 0. The van der Waals surface area contributed by atoms with E-state index >= 15 is 0 Å². The molecule has 0 aliphatic rings. The fraction of sp³-hybridized carbons (Fsp3) is 0.148. The first kappa shape index (κ1) is 31.6. The van der Waals surface area contributed by atoms with Crippen molar-refractivity contribution in [3.63, 3.8) is 0 Å². The number of ether oxygens (including phenoxy) is 1. The Morgan fingerprint density at radius 2 is 1.62 bits per heavy atom. The highest BCUT2D eigenvalue weighted by Gasteiger charge is 2.19. The summed E-state index contributed by atoms with van der Waals surface area (Å²) in [6, 6.07) is 16.6. The summed E-state index contributed by atoms with van der Waals surface area (Å²) in [5, 5.41) is 18.7. The second-order valence-electron chi connectivity index (χ2n) is 8.38. The summed E-state index contributed by atoms with van der Waals surface area (Å²) in [6.45, 7) is -0.618. The quantitative estimate of drug-likeness (QED) is 0.112. The van der Waals surface area contributed by atoms with E-state index in [4.69, 9.17) is 32.9 Å². The van der Waals surface area contributed by atoms with Crippen molar-refractivity contribution in [2.75, 3.05) is 6.54 Å². The molecule has 0 bridgehead atoms. The lowest BCUT2D eigenvalue weighted by molar-refractivity contribution is -0.144. The summed E-state index contributed by atoms with van der Waals surface area (Å²) in [7, 11) is 0. The zero-order valence-corrected chi connectivity index (χ0v) is 22.5. The highest BCUT2D eigenvalue weighted by molar-refractivity contribution is 6.31. The number of benzene rings is 3. The number of rotatable bonds is 11. The fourth-order valence-corrected chi connectivity index (χ4v) is 3.86. The van der Waals surface area contributed by atoms with Crippen molar-refractivity contribution in [1.29, 1.82) is 0 Å². The molecule has 6 N–H and O–H groups in total. The third-order valence-corrected chi connectivity index (χ3v) is 5.78. The van der Waals surface area contributed by atoms with Crippen LogP contribution in [0, 0.1) is 0 Å². The van der Waals surface area contributed by atoms with Crippen LogP contribution in [-0.4, -0.2) is 51.4 Å². The second-order valence-corrected chi connectivity index (χ2v) is 8.78. The monoisotopic (exact) mass is 588 g/mol. The molecule has 3 aromatic carbocycles. The van der Waals surface area contributed by atoms with E-state index in [-0.39, 0.29) is 59.7 Å². The van der Waals surface area contributed by atoms with E-state index in [0.29, 0.717) is 16.8 Å². The molecule has 0 aromatic heterocycles. The molecule has 13 heteroatoms. The van der Waals surface area contributed by atoms with Gasteiger partial charge in [-0.1, -0.05) is 29.8 Å². The summed E-state index contributed by atoms with van der Waals surface area (Å²) < 4.78 is 5.37. The lowest BCUT2D eigenvalue weighted by Gasteiger charge is -2.21. The molecule has 0 saturated heterocycles. The standard InChI is InChI=1S/C27H25ClN4O7.ClH/c28-22-13-21(39-26(38)18-4-8-20(9-5-18)31-27(29)30)10-6-17(22)7-11-23(33)32(15-24(34)35)14-16-2-1-3-19(12-16)25(36)37;/h1-6,8-10,12-13H,7,11,14-15H2,(H,34,35)(H,36,37)(H4,29,30,31);1H. The number of esters is 1. The van der Waals surface area contributed by atoms with Crippen LogP contribution in [0.2, 0.25) is 5.02 Å². The zero-order chi connectivity index (χ0) is 28.5. The maximum absolute atomic E-state index is 12.9. The maximum atomic E-state index is 12.9. The van der Waals surface area contributed by atoms with Crippen molar-refractivity contribution in [3.05, 3.63) is 94.0 Å². The molecule has 0 radical (unpaired) electrons. The maximum Gasteiger partial charge on any atom is 0.343 e. The summed E-state index contributed by atoms with van der Waals surface area (Å²) >= 11 is 6.35. The molecular weight excluding hydrogens is 563 g/mol. The predicted molar refractivity (Wildman–Crippen MR) is 150 cm³/mol. The van der Waals surface area contributed by atoms with E-state index in [9.17, 15) is 24.3 Å². The number of halogens is 2. The van der Waals surface area contributed by atoms with Gasteiger partial charge < -0.3 is 31.3 Å². The number of aliphatic carboxylic acids is 1. The number of guanidine groups is 1. The lowest BCUT2D eigenvalue weighted by atomic mass is 10.1. The third-order valence-electron chi connectivity index (χ3n) is 5.43. The van der Waals surface area contributed by atoms with Crippen LogP contribution in [0.15, 0.2) is 71.7 Å². The van der Waals surface area contributed by atoms with Gasteiger partial charge in [-0.05, 0) is 66.1 Å². The molecule has 0 aliphatic carbocycles. The predicted octanol–water partition coefficient (Wildman–Crippen LogP) is 3.63. The highest BCUT2D eigenvalue weighted by atomic mass is 35.5. The number of nitrogens with two attached hydrogens (primary N) is 2. The van der Waals surface area contributed by atoms with Crippen molar-refractivity contribution in [3.8, 4) is 5.75 Å². The Kier molecular flexibility index (Phi) is 11.5. The first-order valence-corrected chi connectivity index (χ1v) is 11.9. The Hall–Kier alpha value is -4.61. The summed E-state index contributed by atoms with van der Waals surface area (Å²) in [6.07, 6.45) is 0.149. The number of carbonyl (C=O) groups is 4. The summed E-state index contributed by atoms with van der Waals surface area (Å²) in [4.78, 5) is 52.8. The molecule has 1 amide bonds. The molecule has 0 unspecified atom stereocenters. The number of hydrogen-bond donors (Lipinski definition) is 4. The topological polar surface area (TPSA) is 186 Å². The normalized spacial score (nSPS) is 10.1. The molecule has 0 heterocycles. The first-order valence-electron chi connectivity index (χ1n) is 11.5. The minimum Gasteiger partial charge on any atom is -0.480 e. The number of aliphatic imine (C=N–C) groups is 1. The van der Waals surface area contributed by atoms with Crippen LogP contribution >= 0.6 is 24.0 Å². The molecule has 3 rings (SSSR count). The molecule has 11 nitrogen and oxygen atoms in total. The molecule has 0 saturated carbocycles. The summed E-state index contributed by atoms with van der Waals surface area (Å²) in [5.41, 5.74) is 12.5. The number of nitrogens with zero attached hydrogens (tertiary/aromatic N) is 2. The largest absolute Gasteiger partial charge is 0.480 e. The van der Waals surface area contributed by atoms with Crippen molar-refractivity contribution >= 4 is 59.5 Å². The van der Waals surface area contributed by atoms with Crippen LogP contribution < -0.4 is 16.2 Å². The minimum atomic E-state index is -1.20. The molecule has 3 aromatic rings. The van der Waals surface area contributed by atoms with E-state index in [1.807, 2.05) is 0 Å². The van der Waals surface area contributed by atoms with Gasteiger partial charge in [0.1, 0.15) is 12.3 Å². The van der Waals surface area contributed by atoms with Gasteiger partial charge in [0, 0.05) is 18.0 Å². The Morgan fingerprint density at radius 1 is 0.925 bits per heavy atom.